The summed E-state index contributed by atoms with van der Waals surface area (Å²) in [5.74, 6) is -5.41. The maximum absolute atomic E-state index is 13.6. The molecule has 1 heterocycles. The Morgan fingerprint density at radius 1 is 1.00 bits per heavy atom. The van der Waals surface area contributed by atoms with Crippen LogP contribution in [0.4, 0.5) is 18.0 Å². The van der Waals surface area contributed by atoms with Gasteiger partial charge in [-0.15, -0.1) is 0 Å². The molecular formula is C22H20F3NO5. The van der Waals surface area contributed by atoms with Gasteiger partial charge in [-0.3, -0.25) is 0 Å². The number of nitrogens with zero attached hydrogens (tertiary/aromatic N) is 1. The Labute approximate surface area is 176 Å². The summed E-state index contributed by atoms with van der Waals surface area (Å²) < 4.78 is 45.3. The van der Waals surface area contributed by atoms with Gasteiger partial charge in [-0.1, -0.05) is 24.3 Å². The van der Waals surface area contributed by atoms with Crippen LogP contribution in [0.2, 0.25) is 0 Å². The monoisotopic (exact) mass is 435 g/mol. The normalized spacial score (nSPS) is 14.0. The quantitative estimate of drug-likeness (QED) is 0.499. The molecule has 9 heteroatoms. The van der Waals surface area contributed by atoms with E-state index < -0.39 is 35.3 Å². The van der Waals surface area contributed by atoms with Crippen molar-refractivity contribution in [3.63, 3.8) is 0 Å². The van der Waals surface area contributed by atoms with Crippen molar-refractivity contribution in [3.8, 4) is 5.75 Å². The summed E-state index contributed by atoms with van der Waals surface area (Å²) in [7, 11) is 0. The van der Waals surface area contributed by atoms with Crippen molar-refractivity contribution in [1.82, 2.24) is 4.90 Å². The number of ether oxygens (including phenoxy) is 1. The molecule has 2 N–H and O–H groups in total. The van der Waals surface area contributed by atoms with E-state index in [2.05, 4.69) is 0 Å². The molecule has 1 amide bonds. The molecule has 0 unspecified atom stereocenters. The predicted octanol–water partition coefficient (Wildman–Crippen LogP) is 4.34. The third-order valence-corrected chi connectivity index (χ3v) is 5.03. The van der Waals surface area contributed by atoms with Crippen molar-refractivity contribution in [1.29, 1.82) is 0 Å². The van der Waals surface area contributed by atoms with E-state index in [-0.39, 0.29) is 25.3 Å². The van der Waals surface area contributed by atoms with Gasteiger partial charge in [0.1, 0.15) is 0 Å². The van der Waals surface area contributed by atoms with Crippen LogP contribution in [-0.4, -0.2) is 46.9 Å². The highest BCUT2D eigenvalue weighted by atomic mass is 19.2. The molecule has 1 aliphatic rings. The van der Waals surface area contributed by atoms with Gasteiger partial charge in [0.25, 0.3) is 0 Å². The first kappa shape index (κ1) is 22.2. The number of hydrogen-bond donors (Lipinski definition) is 2. The van der Waals surface area contributed by atoms with Crippen LogP contribution < -0.4 is 4.74 Å². The van der Waals surface area contributed by atoms with Gasteiger partial charge >= 0.3 is 12.1 Å². The van der Waals surface area contributed by atoms with E-state index in [0.717, 1.165) is 16.5 Å². The topological polar surface area (TPSA) is 87.1 Å². The number of aliphatic carboxylic acids is 1. The first-order valence-electron chi connectivity index (χ1n) is 9.56. The molecule has 2 aromatic carbocycles. The van der Waals surface area contributed by atoms with E-state index in [1.165, 1.54) is 0 Å². The van der Waals surface area contributed by atoms with E-state index in [9.17, 15) is 27.9 Å². The summed E-state index contributed by atoms with van der Waals surface area (Å²) in [6, 6.07) is 8.61. The molecular weight excluding hydrogens is 415 g/mol. The minimum Gasteiger partial charge on any atom is -0.488 e. The smallest absolute Gasteiger partial charge is 0.407 e. The lowest BCUT2D eigenvalue weighted by atomic mass is 9.92. The lowest BCUT2D eigenvalue weighted by Crippen LogP contribution is -2.37. The van der Waals surface area contributed by atoms with Crippen LogP contribution in [0, 0.1) is 17.5 Å². The van der Waals surface area contributed by atoms with Gasteiger partial charge in [0.2, 0.25) is 5.82 Å². The molecule has 3 rings (SSSR count). The maximum atomic E-state index is 13.6. The molecule has 0 fully saturated rings. The lowest BCUT2D eigenvalue weighted by molar-refractivity contribution is -0.132. The Balaban J connectivity index is 1.62. The van der Waals surface area contributed by atoms with E-state index in [1.54, 1.807) is 24.3 Å². The number of rotatable bonds is 7. The number of aryl methyl sites for hydroxylation is 1. The van der Waals surface area contributed by atoms with Crippen LogP contribution >= 0.6 is 0 Å². The molecule has 0 saturated heterocycles. The van der Waals surface area contributed by atoms with Crippen LogP contribution in [0.1, 0.15) is 24.0 Å². The molecule has 31 heavy (non-hydrogen) atoms. The van der Waals surface area contributed by atoms with Gasteiger partial charge in [-0.05, 0) is 48.1 Å². The largest absolute Gasteiger partial charge is 0.488 e. The maximum Gasteiger partial charge on any atom is 0.407 e. The fourth-order valence-electron chi connectivity index (χ4n) is 3.41. The molecule has 0 atom stereocenters. The number of carboxylic acids is 1. The van der Waals surface area contributed by atoms with Crippen LogP contribution in [0.5, 0.6) is 5.75 Å². The Kier molecular flexibility index (Phi) is 6.84. The molecule has 0 spiro atoms. The summed E-state index contributed by atoms with van der Waals surface area (Å²) in [5.41, 5.74) is 2.24. The summed E-state index contributed by atoms with van der Waals surface area (Å²) in [5, 5.41) is 18.5. The molecule has 0 radical (unpaired) electrons. The van der Waals surface area contributed by atoms with E-state index in [0.29, 0.717) is 36.5 Å². The Morgan fingerprint density at radius 3 is 2.32 bits per heavy atom. The first-order valence-corrected chi connectivity index (χ1v) is 9.56. The third-order valence-electron chi connectivity index (χ3n) is 5.03. The van der Waals surface area contributed by atoms with Gasteiger partial charge in [0.05, 0.1) is 18.7 Å². The predicted molar refractivity (Wildman–Crippen MR) is 105 cm³/mol. The minimum atomic E-state index is -1.36. The van der Waals surface area contributed by atoms with Crippen LogP contribution in [0.3, 0.4) is 0 Å². The Hall–Kier alpha value is -3.49. The molecule has 6 nitrogen and oxygen atoms in total. The summed E-state index contributed by atoms with van der Waals surface area (Å²) in [6.07, 6.45) is 0.0849. The second kappa shape index (κ2) is 9.55. The number of hydrogen-bond acceptors (Lipinski definition) is 3. The standard InChI is InChI=1S/C22H20F3NO5/c23-17-7-8-18(24)20(19(17)25)31-11-1-2-13-3-5-14(6-4-13)15-9-10-26(22(29)30)12-16(15)21(27)28/h3-8H,1-2,9-12H2,(H,27,28)(H,29,30). The zero-order valence-electron chi connectivity index (χ0n) is 16.4. The summed E-state index contributed by atoms with van der Waals surface area (Å²) in [4.78, 5) is 23.7. The van der Waals surface area contributed by atoms with Gasteiger partial charge < -0.3 is 19.8 Å². The highest BCUT2D eigenvalue weighted by Crippen LogP contribution is 2.28. The second-order valence-electron chi connectivity index (χ2n) is 7.04. The van der Waals surface area contributed by atoms with Crippen molar-refractivity contribution in [2.24, 2.45) is 0 Å². The number of benzene rings is 2. The molecule has 0 bridgehead atoms. The Bertz CT molecular complexity index is 1020. The van der Waals surface area contributed by atoms with Gasteiger partial charge in [-0.25, -0.2) is 18.4 Å². The number of halogens is 3. The zero-order valence-corrected chi connectivity index (χ0v) is 16.4. The molecule has 0 aromatic heterocycles. The fraction of sp³-hybridized carbons (Fsp3) is 0.273. The van der Waals surface area contributed by atoms with Crippen molar-refractivity contribution < 1.29 is 37.7 Å². The second-order valence-corrected chi connectivity index (χ2v) is 7.04. The van der Waals surface area contributed by atoms with Crippen LogP contribution in [0.25, 0.3) is 5.57 Å². The fourth-order valence-corrected chi connectivity index (χ4v) is 3.41. The SMILES string of the molecule is O=C(O)C1=C(c2ccc(CCCOc3c(F)ccc(F)c3F)cc2)CCN(C(=O)O)C1. The highest BCUT2D eigenvalue weighted by Gasteiger charge is 2.27. The average Bonchev–Trinajstić information content (AvgIpc) is 2.76. The number of carboxylic acid groups (broad SMARTS) is 2. The number of carbonyl (C=O) groups is 2. The average molecular weight is 435 g/mol. The Morgan fingerprint density at radius 2 is 1.68 bits per heavy atom. The number of amides is 1. The zero-order chi connectivity index (χ0) is 22.5. The molecule has 1 aliphatic heterocycles. The highest BCUT2D eigenvalue weighted by molar-refractivity contribution is 5.98. The van der Waals surface area contributed by atoms with Crippen molar-refractivity contribution in [3.05, 3.63) is 70.5 Å². The summed E-state index contributed by atoms with van der Waals surface area (Å²) in [6.45, 7) is 0.0262. The molecule has 0 aliphatic carbocycles. The molecule has 0 saturated carbocycles. The van der Waals surface area contributed by atoms with E-state index in [1.807, 2.05) is 0 Å². The van der Waals surface area contributed by atoms with Gasteiger partial charge in [-0.2, -0.15) is 4.39 Å². The van der Waals surface area contributed by atoms with E-state index in [4.69, 9.17) is 9.84 Å². The van der Waals surface area contributed by atoms with Crippen molar-refractivity contribution in [2.45, 2.75) is 19.3 Å². The van der Waals surface area contributed by atoms with Gasteiger partial charge in [0.15, 0.2) is 17.4 Å². The van der Waals surface area contributed by atoms with Crippen LogP contribution in [0.15, 0.2) is 42.0 Å². The van der Waals surface area contributed by atoms with Crippen LogP contribution in [-0.2, 0) is 11.2 Å². The first-order chi connectivity index (χ1) is 14.8. The van der Waals surface area contributed by atoms with Crippen molar-refractivity contribution in [2.75, 3.05) is 19.7 Å². The molecule has 2 aromatic rings. The minimum absolute atomic E-state index is 0.0155. The van der Waals surface area contributed by atoms with Crippen molar-refractivity contribution >= 4 is 17.6 Å². The third kappa shape index (κ3) is 5.17. The summed E-state index contributed by atoms with van der Waals surface area (Å²) >= 11 is 0. The van der Waals surface area contributed by atoms with Gasteiger partial charge in [0, 0.05) is 6.54 Å². The molecule has 164 valence electrons. The van der Waals surface area contributed by atoms with E-state index >= 15 is 0 Å². The lowest BCUT2D eigenvalue weighted by Gasteiger charge is -2.27.